The standard InChI is InChI=1S/C51H39N/c1-32-16-18-33(19-17-32)37-28-38(31-40(30-37)52-47-14-7-5-12-43(47)44-13-6-8-15-48(44)52)42-25-21-35-22-26-45-41(36-10-9-11-39(29-36)51(2,3)4)24-20-34-23-27-46(42)50(35)49(34)45/h5-31H,1-4H3. The number of fused-ring (bicyclic) bond motifs is 3. The summed E-state index contributed by atoms with van der Waals surface area (Å²) in [6, 6.07) is 61.4. The van der Waals surface area contributed by atoms with E-state index in [4.69, 9.17) is 0 Å². The molecule has 0 saturated heterocycles. The maximum absolute atomic E-state index is 2.44. The molecule has 248 valence electrons. The number of aryl methyl sites for hydroxylation is 1. The lowest BCUT2D eigenvalue weighted by molar-refractivity contribution is 0.590. The van der Waals surface area contributed by atoms with Gasteiger partial charge in [0, 0.05) is 16.5 Å². The van der Waals surface area contributed by atoms with Crippen LogP contribution in [0.15, 0.2) is 164 Å². The Hall–Kier alpha value is -6.18. The van der Waals surface area contributed by atoms with E-state index < -0.39 is 0 Å². The summed E-state index contributed by atoms with van der Waals surface area (Å²) in [5.41, 5.74) is 13.7. The molecule has 0 unspecified atom stereocenters. The van der Waals surface area contributed by atoms with Crippen molar-refractivity contribution in [2.24, 2.45) is 0 Å². The predicted molar refractivity (Wildman–Crippen MR) is 224 cm³/mol. The van der Waals surface area contributed by atoms with Crippen LogP contribution < -0.4 is 0 Å². The first-order valence-electron chi connectivity index (χ1n) is 18.3. The Morgan fingerprint density at radius 1 is 0.404 bits per heavy atom. The molecule has 10 aromatic rings. The molecule has 9 aromatic carbocycles. The van der Waals surface area contributed by atoms with Crippen molar-refractivity contribution in [1.29, 1.82) is 0 Å². The van der Waals surface area contributed by atoms with E-state index in [9.17, 15) is 0 Å². The highest BCUT2D eigenvalue weighted by Gasteiger charge is 2.19. The Bertz CT molecular complexity index is 2930. The number of hydrogen-bond acceptors (Lipinski definition) is 0. The first kappa shape index (κ1) is 30.6. The minimum Gasteiger partial charge on any atom is -0.309 e. The third-order valence-corrected chi connectivity index (χ3v) is 11.2. The van der Waals surface area contributed by atoms with Crippen LogP contribution in [-0.4, -0.2) is 4.57 Å². The molecule has 1 aromatic heterocycles. The van der Waals surface area contributed by atoms with Gasteiger partial charge in [0.05, 0.1) is 11.0 Å². The van der Waals surface area contributed by atoms with Crippen molar-refractivity contribution in [3.05, 3.63) is 175 Å². The van der Waals surface area contributed by atoms with Gasteiger partial charge in [0.1, 0.15) is 0 Å². The highest BCUT2D eigenvalue weighted by molar-refractivity contribution is 6.27. The molecular formula is C51H39N. The molecule has 1 heteroatoms. The summed E-state index contributed by atoms with van der Waals surface area (Å²) in [4.78, 5) is 0. The summed E-state index contributed by atoms with van der Waals surface area (Å²) in [5, 5.41) is 10.4. The number of nitrogens with zero attached hydrogens (tertiary/aromatic N) is 1. The van der Waals surface area contributed by atoms with E-state index >= 15 is 0 Å². The molecule has 0 aliphatic rings. The minimum atomic E-state index is 0.0832. The lowest BCUT2D eigenvalue weighted by Crippen LogP contribution is -2.10. The Balaban J connectivity index is 1.24. The molecule has 0 aliphatic heterocycles. The molecule has 52 heavy (non-hydrogen) atoms. The third kappa shape index (κ3) is 4.77. The molecule has 0 bridgehead atoms. The van der Waals surface area contributed by atoms with E-state index in [-0.39, 0.29) is 5.41 Å². The van der Waals surface area contributed by atoms with E-state index in [1.807, 2.05) is 0 Å². The van der Waals surface area contributed by atoms with Crippen LogP contribution in [0.4, 0.5) is 0 Å². The Morgan fingerprint density at radius 3 is 1.58 bits per heavy atom. The monoisotopic (exact) mass is 665 g/mol. The van der Waals surface area contributed by atoms with Crippen LogP contribution in [0.1, 0.15) is 31.9 Å². The normalized spacial score (nSPS) is 12.2. The zero-order chi connectivity index (χ0) is 35.1. The summed E-state index contributed by atoms with van der Waals surface area (Å²) in [5.74, 6) is 0. The minimum absolute atomic E-state index is 0.0832. The molecule has 0 spiro atoms. The summed E-state index contributed by atoms with van der Waals surface area (Å²) in [6.07, 6.45) is 0. The molecule has 0 aliphatic carbocycles. The molecule has 0 radical (unpaired) electrons. The Labute approximate surface area is 304 Å². The van der Waals surface area contributed by atoms with Gasteiger partial charge in [-0.15, -0.1) is 0 Å². The van der Waals surface area contributed by atoms with Crippen LogP contribution in [0.25, 0.3) is 93.2 Å². The average molecular weight is 666 g/mol. The first-order chi connectivity index (χ1) is 25.3. The second kappa shape index (κ2) is 11.4. The number of benzene rings is 9. The van der Waals surface area contributed by atoms with Gasteiger partial charge >= 0.3 is 0 Å². The lowest BCUT2D eigenvalue weighted by atomic mass is 9.84. The molecule has 0 amide bonds. The van der Waals surface area contributed by atoms with Crippen molar-refractivity contribution in [2.45, 2.75) is 33.1 Å². The van der Waals surface area contributed by atoms with Gasteiger partial charge in [-0.3, -0.25) is 0 Å². The van der Waals surface area contributed by atoms with Crippen LogP contribution >= 0.6 is 0 Å². The van der Waals surface area contributed by atoms with E-state index in [2.05, 4.69) is 196 Å². The number of hydrogen-bond donors (Lipinski definition) is 0. The summed E-state index contributed by atoms with van der Waals surface area (Å²) in [7, 11) is 0. The van der Waals surface area contributed by atoms with Crippen molar-refractivity contribution in [3.63, 3.8) is 0 Å². The fraction of sp³-hybridized carbons (Fsp3) is 0.0980. The molecule has 1 nitrogen and oxygen atoms in total. The highest BCUT2D eigenvalue weighted by atomic mass is 15.0. The van der Waals surface area contributed by atoms with Crippen molar-refractivity contribution >= 4 is 54.1 Å². The van der Waals surface area contributed by atoms with Gasteiger partial charge in [-0.1, -0.05) is 160 Å². The van der Waals surface area contributed by atoms with Gasteiger partial charge < -0.3 is 4.57 Å². The maximum Gasteiger partial charge on any atom is 0.0541 e. The molecule has 0 atom stereocenters. The van der Waals surface area contributed by atoms with Crippen molar-refractivity contribution in [1.82, 2.24) is 4.57 Å². The second-order valence-corrected chi connectivity index (χ2v) is 15.5. The van der Waals surface area contributed by atoms with E-state index in [1.54, 1.807) is 0 Å². The van der Waals surface area contributed by atoms with Crippen LogP contribution in [-0.2, 0) is 5.41 Å². The fourth-order valence-corrected chi connectivity index (χ4v) is 8.47. The van der Waals surface area contributed by atoms with Gasteiger partial charge in [0.2, 0.25) is 0 Å². The van der Waals surface area contributed by atoms with Gasteiger partial charge in [0.25, 0.3) is 0 Å². The summed E-state index contributed by atoms with van der Waals surface area (Å²) < 4.78 is 2.44. The Kier molecular flexibility index (Phi) is 6.73. The third-order valence-electron chi connectivity index (χ3n) is 11.2. The largest absolute Gasteiger partial charge is 0.309 e. The molecule has 10 rings (SSSR count). The van der Waals surface area contributed by atoms with Crippen molar-refractivity contribution < 1.29 is 0 Å². The zero-order valence-electron chi connectivity index (χ0n) is 30.0. The summed E-state index contributed by atoms with van der Waals surface area (Å²) >= 11 is 0. The fourth-order valence-electron chi connectivity index (χ4n) is 8.47. The molecule has 0 fully saturated rings. The van der Waals surface area contributed by atoms with Gasteiger partial charge in [-0.2, -0.15) is 0 Å². The van der Waals surface area contributed by atoms with Gasteiger partial charge in [0.15, 0.2) is 0 Å². The van der Waals surface area contributed by atoms with Crippen LogP contribution in [0.2, 0.25) is 0 Å². The lowest BCUT2D eigenvalue weighted by Gasteiger charge is -2.21. The molecule has 0 N–H and O–H groups in total. The molecule has 1 heterocycles. The van der Waals surface area contributed by atoms with E-state index in [0.29, 0.717) is 0 Å². The van der Waals surface area contributed by atoms with Gasteiger partial charge in [-0.05, 0) is 114 Å². The van der Waals surface area contributed by atoms with Crippen molar-refractivity contribution in [2.75, 3.05) is 0 Å². The topological polar surface area (TPSA) is 4.93 Å². The molecular weight excluding hydrogens is 627 g/mol. The van der Waals surface area contributed by atoms with Crippen LogP contribution in [0.3, 0.4) is 0 Å². The highest BCUT2D eigenvalue weighted by Crippen LogP contribution is 2.44. The predicted octanol–water partition coefficient (Wildman–Crippen LogP) is 14.3. The van der Waals surface area contributed by atoms with Gasteiger partial charge in [-0.25, -0.2) is 0 Å². The smallest absolute Gasteiger partial charge is 0.0541 e. The number of rotatable bonds is 4. The van der Waals surface area contributed by atoms with Crippen LogP contribution in [0, 0.1) is 6.92 Å². The quantitative estimate of drug-likeness (QED) is 0.165. The van der Waals surface area contributed by atoms with E-state index in [0.717, 1.165) is 5.69 Å². The zero-order valence-corrected chi connectivity index (χ0v) is 30.0. The maximum atomic E-state index is 2.44. The average Bonchev–Trinajstić information content (AvgIpc) is 3.51. The first-order valence-corrected chi connectivity index (χ1v) is 18.3. The Morgan fingerprint density at radius 2 is 0.962 bits per heavy atom. The summed E-state index contributed by atoms with van der Waals surface area (Å²) in [6.45, 7) is 9.02. The van der Waals surface area contributed by atoms with E-state index in [1.165, 1.54) is 98.6 Å². The second-order valence-electron chi connectivity index (χ2n) is 15.5. The van der Waals surface area contributed by atoms with Crippen LogP contribution in [0.5, 0.6) is 0 Å². The van der Waals surface area contributed by atoms with Crippen molar-refractivity contribution in [3.8, 4) is 39.1 Å². The SMILES string of the molecule is Cc1ccc(-c2cc(-c3ccc4ccc5c(-c6cccc(C(C)(C)C)c6)ccc6ccc3c4c65)cc(-n3c4ccccc4c4ccccc43)c2)cc1. The number of aromatic nitrogens is 1. The number of para-hydroxylation sites is 2. The molecule has 0 saturated carbocycles.